The van der Waals surface area contributed by atoms with Gasteiger partial charge in [0.15, 0.2) is 5.69 Å². The highest BCUT2D eigenvalue weighted by Gasteiger charge is 2.27. The minimum Gasteiger partial charge on any atom is -0.488 e. The number of para-hydroxylation sites is 1. The molecule has 0 fully saturated rings. The van der Waals surface area contributed by atoms with Crippen LogP contribution in [0.3, 0.4) is 0 Å². The van der Waals surface area contributed by atoms with Gasteiger partial charge < -0.3 is 15.4 Å². The molecule has 1 amide bonds. The number of hydrogen-bond acceptors (Lipinski definition) is 5. The van der Waals surface area contributed by atoms with Crippen molar-refractivity contribution in [1.82, 2.24) is 9.55 Å². The van der Waals surface area contributed by atoms with Crippen molar-refractivity contribution in [3.63, 3.8) is 0 Å². The summed E-state index contributed by atoms with van der Waals surface area (Å²) < 4.78 is 20.4. The van der Waals surface area contributed by atoms with Crippen LogP contribution in [0.1, 0.15) is 56.0 Å². The van der Waals surface area contributed by atoms with E-state index in [9.17, 15) is 18.8 Å². The molecule has 0 atom stereocenters. The normalized spacial score (nSPS) is 11.0. The number of carbonyl (C=O) groups is 1. The van der Waals surface area contributed by atoms with Crippen LogP contribution in [0.5, 0.6) is 5.75 Å². The van der Waals surface area contributed by atoms with Gasteiger partial charge in [0.1, 0.15) is 24.0 Å². The minimum atomic E-state index is -0.716. The van der Waals surface area contributed by atoms with Gasteiger partial charge in [-0.15, -0.1) is 0 Å². The van der Waals surface area contributed by atoms with Crippen molar-refractivity contribution in [2.75, 3.05) is 17.2 Å². The first kappa shape index (κ1) is 26.7. The molecule has 3 N–H and O–H groups in total. The first-order valence-electron chi connectivity index (χ1n) is 12.1. The maximum absolute atomic E-state index is 13.8. The summed E-state index contributed by atoms with van der Waals surface area (Å²) in [6, 6.07) is 12.6. The number of unbranched alkanes of at least 4 members (excludes halogenated alkanes) is 1. The van der Waals surface area contributed by atoms with Crippen LogP contribution < -0.4 is 26.6 Å². The van der Waals surface area contributed by atoms with E-state index in [4.69, 9.17) is 10.5 Å². The Morgan fingerprint density at radius 1 is 1.14 bits per heavy atom. The van der Waals surface area contributed by atoms with Gasteiger partial charge in [-0.3, -0.25) is 19.1 Å². The van der Waals surface area contributed by atoms with E-state index < -0.39 is 17.2 Å². The molecule has 192 valence electrons. The molecule has 1 heterocycles. The van der Waals surface area contributed by atoms with Crippen LogP contribution in [0.15, 0.2) is 58.1 Å². The zero-order valence-corrected chi connectivity index (χ0v) is 20.9. The highest BCUT2D eigenvalue weighted by atomic mass is 19.1. The predicted molar refractivity (Wildman–Crippen MR) is 139 cm³/mol. The van der Waals surface area contributed by atoms with E-state index >= 15 is 0 Å². The van der Waals surface area contributed by atoms with Crippen LogP contribution in [-0.4, -0.2) is 22.0 Å². The van der Waals surface area contributed by atoms with Gasteiger partial charge in [0, 0.05) is 13.1 Å². The van der Waals surface area contributed by atoms with Crippen molar-refractivity contribution in [3.05, 3.63) is 86.3 Å². The number of nitrogens with two attached hydrogens (primary N) is 1. The molecule has 2 aromatic carbocycles. The van der Waals surface area contributed by atoms with Gasteiger partial charge in [-0.25, -0.2) is 9.18 Å². The molecule has 3 rings (SSSR count). The summed E-state index contributed by atoms with van der Waals surface area (Å²) in [5.74, 6) is -0.298. The number of nitrogens with one attached hydrogen (secondary N) is 1. The molecule has 0 bridgehead atoms. The van der Waals surface area contributed by atoms with Gasteiger partial charge in [-0.2, -0.15) is 0 Å². The number of hydrogen-bond donors (Lipinski definition) is 2. The van der Waals surface area contributed by atoms with Crippen molar-refractivity contribution >= 4 is 17.4 Å². The molecule has 0 unspecified atom stereocenters. The number of benzene rings is 2. The number of aromatic nitrogens is 2. The summed E-state index contributed by atoms with van der Waals surface area (Å²) in [6.07, 6.45) is 2.13. The van der Waals surface area contributed by atoms with Crippen LogP contribution in [0.2, 0.25) is 0 Å². The average molecular weight is 497 g/mol. The Balaban J connectivity index is 2.01. The van der Waals surface area contributed by atoms with E-state index in [0.717, 1.165) is 12.0 Å². The van der Waals surface area contributed by atoms with Gasteiger partial charge in [0.25, 0.3) is 11.5 Å². The summed E-state index contributed by atoms with van der Waals surface area (Å²) in [5, 5.41) is 0. The molecule has 8 nitrogen and oxygen atoms in total. The zero-order chi connectivity index (χ0) is 26.2. The molecule has 0 radical (unpaired) electrons. The third kappa shape index (κ3) is 6.41. The molecule has 0 spiro atoms. The Morgan fingerprint density at radius 2 is 1.83 bits per heavy atom. The number of amides is 1. The maximum atomic E-state index is 13.8. The van der Waals surface area contributed by atoms with Crippen LogP contribution in [-0.2, 0) is 13.2 Å². The number of aromatic amines is 1. The highest BCUT2D eigenvalue weighted by Crippen LogP contribution is 2.26. The third-order valence-electron chi connectivity index (χ3n) is 5.82. The lowest BCUT2D eigenvalue weighted by atomic mass is 10.1. The fourth-order valence-corrected chi connectivity index (χ4v) is 3.73. The number of rotatable bonds is 11. The summed E-state index contributed by atoms with van der Waals surface area (Å²) in [6.45, 7) is 6.68. The fourth-order valence-electron chi connectivity index (χ4n) is 3.73. The fraction of sp³-hybridized carbons (Fsp3) is 0.370. The Labute approximate surface area is 209 Å². The van der Waals surface area contributed by atoms with Crippen LogP contribution in [0, 0.1) is 11.7 Å². The second-order valence-corrected chi connectivity index (χ2v) is 9.05. The van der Waals surface area contributed by atoms with Crippen LogP contribution >= 0.6 is 0 Å². The second kappa shape index (κ2) is 12.2. The van der Waals surface area contributed by atoms with Crippen molar-refractivity contribution < 1.29 is 13.9 Å². The van der Waals surface area contributed by atoms with Crippen LogP contribution in [0.25, 0.3) is 0 Å². The number of halogens is 1. The van der Waals surface area contributed by atoms with Gasteiger partial charge in [-0.1, -0.05) is 51.5 Å². The molecule has 3 aromatic rings. The van der Waals surface area contributed by atoms with Gasteiger partial charge in [0.2, 0.25) is 0 Å². The maximum Gasteiger partial charge on any atom is 0.330 e. The number of H-pyrrole nitrogens is 1. The number of nitrogens with zero attached hydrogens (tertiary/aromatic N) is 2. The largest absolute Gasteiger partial charge is 0.488 e. The highest BCUT2D eigenvalue weighted by molar-refractivity contribution is 6.08. The molecule has 0 aliphatic heterocycles. The standard InChI is InChI=1S/C27H33FN4O4/c1-4-5-15-32-24(29)23(25(33)30-27(32)35)31(16-14-18(2)3)26(34)21-8-6-7-9-22(21)36-17-19-10-12-20(28)13-11-19/h6-13,18H,4-5,14-17,29H2,1-3H3,(H,30,33,35). The lowest BCUT2D eigenvalue weighted by Gasteiger charge is -2.26. The zero-order valence-electron chi connectivity index (χ0n) is 20.9. The minimum absolute atomic E-state index is 0.0426. The summed E-state index contributed by atoms with van der Waals surface area (Å²) in [5.41, 5.74) is 5.93. The molecule has 0 saturated heterocycles. The summed E-state index contributed by atoms with van der Waals surface area (Å²) >= 11 is 0. The van der Waals surface area contributed by atoms with Gasteiger partial charge in [0.05, 0.1) is 5.56 Å². The number of carbonyl (C=O) groups excluding carboxylic acids is 1. The van der Waals surface area contributed by atoms with Crippen molar-refractivity contribution in [1.29, 1.82) is 0 Å². The number of ether oxygens (including phenoxy) is 1. The lowest BCUT2D eigenvalue weighted by molar-refractivity contribution is 0.0981. The van der Waals surface area contributed by atoms with E-state index in [1.165, 1.54) is 21.6 Å². The van der Waals surface area contributed by atoms with E-state index in [1.54, 1.807) is 36.4 Å². The Hall–Kier alpha value is -3.88. The molecule has 36 heavy (non-hydrogen) atoms. The van der Waals surface area contributed by atoms with E-state index in [2.05, 4.69) is 4.98 Å². The van der Waals surface area contributed by atoms with E-state index in [1.807, 2.05) is 20.8 Å². The second-order valence-electron chi connectivity index (χ2n) is 9.05. The van der Waals surface area contributed by atoms with Crippen molar-refractivity contribution in [3.8, 4) is 5.75 Å². The first-order chi connectivity index (χ1) is 17.2. The molecule has 1 aromatic heterocycles. The van der Waals surface area contributed by atoms with Gasteiger partial charge in [-0.05, 0) is 48.6 Å². The van der Waals surface area contributed by atoms with Gasteiger partial charge >= 0.3 is 5.69 Å². The molecular formula is C27H33FN4O4. The van der Waals surface area contributed by atoms with Crippen LogP contribution in [0.4, 0.5) is 15.9 Å². The molecule has 9 heteroatoms. The Kier molecular flexibility index (Phi) is 9.05. The Morgan fingerprint density at radius 3 is 2.50 bits per heavy atom. The first-order valence-corrected chi connectivity index (χ1v) is 12.1. The smallest absolute Gasteiger partial charge is 0.330 e. The number of nitrogen functional groups attached to an aromatic ring is 1. The molecule has 0 aliphatic carbocycles. The summed E-state index contributed by atoms with van der Waals surface area (Å²) in [4.78, 5) is 42.8. The SMILES string of the molecule is CCCCn1c(N)c(N(CCC(C)C)C(=O)c2ccccc2OCc2ccc(F)cc2)c(=O)[nH]c1=O. The molecule has 0 aliphatic rings. The lowest BCUT2D eigenvalue weighted by Crippen LogP contribution is -2.42. The third-order valence-corrected chi connectivity index (χ3v) is 5.82. The number of anilines is 2. The molecular weight excluding hydrogens is 463 g/mol. The predicted octanol–water partition coefficient (Wildman–Crippen LogP) is 4.33. The average Bonchev–Trinajstić information content (AvgIpc) is 2.85. The Bertz CT molecular complexity index is 1300. The quantitative estimate of drug-likeness (QED) is 0.411. The topological polar surface area (TPSA) is 110 Å². The molecule has 0 saturated carbocycles. The van der Waals surface area contributed by atoms with E-state index in [-0.39, 0.29) is 42.0 Å². The summed E-state index contributed by atoms with van der Waals surface area (Å²) in [7, 11) is 0. The monoisotopic (exact) mass is 496 g/mol. The van der Waals surface area contributed by atoms with Crippen molar-refractivity contribution in [2.24, 2.45) is 5.92 Å². The van der Waals surface area contributed by atoms with E-state index in [0.29, 0.717) is 25.1 Å². The van der Waals surface area contributed by atoms with Crippen molar-refractivity contribution in [2.45, 2.75) is 53.2 Å².